The quantitative estimate of drug-likeness (QED) is 0.393. The van der Waals surface area contributed by atoms with Gasteiger partial charge in [-0.1, -0.05) is 11.6 Å². The van der Waals surface area contributed by atoms with Gasteiger partial charge < -0.3 is 5.11 Å². The van der Waals surface area contributed by atoms with Crippen LogP contribution >= 0.6 is 0 Å². The molecule has 0 aromatic heterocycles. The standard InChI is InChI=1S/C6H10O/c1-6(2)4-3-5-7/h3-5,7H,1-2H3. The highest BCUT2D eigenvalue weighted by molar-refractivity contribution is 5.05. The molecule has 0 radical (unpaired) electrons. The van der Waals surface area contributed by atoms with Gasteiger partial charge in [-0.2, -0.15) is 0 Å². The van der Waals surface area contributed by atoms with Gasteiger partial charge in [-0.05, 0) is 19.9 Å². The first-order valence-corrected chi connectivity index (χ1v) is 2.21. The van der Waals surface area contributed by atoms with Gasteiger partial charge in [0.15, 0.2) is 0 Å². The van der Waals surface area contributed by atoms with E-state index in [0.29, 0.717) is 0 Å². The normalized spacial score (nSPS) is 9.43. The van der Waals surface area contributed by atoms with Crippen LogP contribution in [0.1, 0.15) is 13.8 Å². The van der Waals surface area contributed by atoms with Gasteiger partial charge in [-0.15, -0.1) is 0 Å². The Balaban J connectivity index is 3.46. The lowest BCUT2D eigenvalue weighted by atomic mass is 10.3. The second kappa shape index (κ2) is 3.47. The van der Waals surface area contributed by atoms with Crippen molar-refractivity contribution in [3.63, 3.8) is 0 Å². The summed E-state index contributed by atoms with van der Waals surface area (Å²) in [6.45, 7) is 3.94. The molecule has 0 atom stereocenters. The van der Waals surface area contributed by atoms with Gasteiger partial charge in [-0.25, -0.2) is 0 Å². The van der Waals surface area contributed by atoms with Crippen LogP contribution in [0, 0.1) is 0 Å². The van der Waals surface area contributed by atoms with Crippen LogP contribution in [0.15, 0.2) is 24.0 Å². The summed E-state index contributed by atoms with van der Waals surface area (Å²) in [5, 5.41) is 8.09. The summed E-state index contributed by atoms with van der Waals surface area (Å²) in [7, 11) is 0. The third kappa shape index (κ3) is 5.28. The first kappa shape index (κ1) is 6.28. The fraction of sp³-hybridized carbons (Fsp3) is 0.333. The molecule has 0 rings (SSSR count). The Morgan fingerprint density at radius 3 is 2.14 bits per heavy atom. The molecule has 0 aromatic rings. The van der Waals surface area contributed by atoms with E-state index in [1.54, 1.807) is 6.08 Å². The number of rotatable bonds is 1. The van der Waals surface area contributed by atoms with Crippen molar-refractivity contribution in [3.8, 4) is 0 Å². The zero-order valence-electron chi connectivity index (χ0n) is 4.68. The van der Waals surface area contributed by atoms with Gasteiger partial charge in [-0.3, -0.25) is 0 Å². The highest BCUT2D eigenvalue weighted by Crippen LogP contribution is 1.86. The molecular formula is C6H10O. The van der Waals surface area contributed by atoms with Crippen LogP contribution in [-0.4, -0.2) is 5.11 Å². The summed E-state index contributed by atoms with van der Waals surface area (Å²) in [4.78, 5) is 0. The molecule has 1 N–H and O–H groups in total. The monoisotopic (exact) mass is 98.1 g/mol. The van der Waals surface area contributed by atoms with Crippen LogP contribution in [0.2, 0.25) is 0 Å². The lowest BCUT2D eigenvalue weighted by molar-refractivity contribution is 0.473. The number of hydrogen-bond acceptors (Lipinski definition) is 1. The molecule has 0 aliphatic rings. The van der Waals surface area contributed by atoms with Crippen molar-refractivity contribution < 1.29 is 5.11 Å². The molecule has 1 heteroatoms. The topological polar surface area (TPSA) is 20.2 Å². The molecule has 0 aromatic carbocycles. The van der Waals surface area contributed by atoms with E-state index in [-0.39, 0.29) is 0 Å². The van der Waals surface area contributed by atoms with Crippen LogP contribution in [0.25, 0.3) is 0 Å². The number of aliphatic hydroxyl groups excluding tert-OH is 1. The summed E-state index contributed by atoms with van der Waals surface area (Å²) in [5.41, 5.74) is 1.19. The molecule has 0 heterocycles. The lowest BCUT2D eigenvalue weighted by Crippen LogP contribution is -1.57. The van der Waals surface area contributed by atoms with E-state index in [9.17, 15) is 0 Å². The van der Waals surface area contributed by atoms with Crippen LogP contribution in [0.3, 0.4) is 0 Å². The van der Waals surface area contributed by atoms with Gasteiger partial charge in [0.1, 0.15) is 0 Å². The number of aliphatic hydroxyl groups is 1. The SMILES string of the molecule is CC(C)=CC=CO. The molecule has 1 nitrogen and oxygen atoms in total. The molecule has 40 valence electrons. The van der Waals surface area contributed by atoms with E-state index >= 15 is 0 Å². The molecule has 0 unspecified atom stereocenters. The largest absolute Gasteiger partial charge is 0.516 e. The van der Waals surface area contributed by atoms with Crippen molar-refractivity contribution in [1.82, 2.24) is 0 Å². The Kier molecular flexibility index (Phi) is 3.11. The van der Waals surface area contributed by atoms with E-state index in [1.807, 2.05) is 19.9 Å². The van der Waals surface area contributed by atoms with Crippen molar-refractivity contribution in [2.24, 2.45) is 0 Å². The molecule has 0 saturated heterocycles. The van der Waals surface area contributed by atoms with Gasteiger partial charge >= 0.3 is 0 Å². The van der Waals surface area contributed by atoms with E-state index in [0.717, 1.165) is 6.26 Å². The highest BCUT2D eigenvalue weighted by atomic mass is 16.2. The maximum atomic E-state index is 8.09. The Bertz CT molecular complexity index is 86.4. The van der Waals surface area contributed by atoms with Crippen LogP contribution in [0.5, 0.6) is 0 Å². The Morgan fingerprint density at radius 2 is 2.00 bits per heavy atom. The van der Waals surface area contributed by atoms with Crippen molar-refractivity contribution in [2.75, 3.05) is 0 Å². The van der Waals surface area contributed by atoms with E-state index in [4.69, 9.17) is 5.11 Å². The lowest BCUT2D eigenvalue weighted by Gasteiger charge is -1.77. The third-order valence-electron chi connectivity index (χ3n) is 0.516. The molecule has 0 saturated carbocycles. The van der Waals surface area contributed by atoms with Gasteiger partial charge in [0.2, 0.25) is 0 Å². The first-order chi connectivity index (χ1) is 3.27. The molecule has 0 amide bonds. The molecule has 0 bridgehead atoms. The Morgan fingerprint density at radius 1 is 1.43 bits per heavy atom. The van der Waals surface area contributed by atoms with Crippen molar-refractivity contribution in [1.29, 1.82) is 0 Å². The summed E-state index contributed by atoms with van der Waals surface area (Å²) in [6, 6.07) is 0. The third-order valence-corrected chi connectivity index (χ3v) is 0.516. The fourth-order valence-electron chi connectivity index (χ4n) is 0.235. The first-order valence-electron chi connectivity index (χ1n) is 2.21. The van der Waals surface area contributed by atoms with E-state index in [2.05, 4.69) is 0 Å². The van der Waals surface area contributed by atoms with Crippen LogP contribution in [-0.2, 0) is 0 Å². The smallest absolute Gasteiger partial charge is 0.0791 e. The summed E-state index contributed by atoms with van der Waals surface area (Å²) in [5.74, 6) is 0. The zero-order chi connectivity index (χ0) is 5.70. The van der Waals surface area contributed by atoms with E-state index < -0.39 is 0 Å². The second-order valence-electron chi connectivity index (χ2n) is 1.59. The van der Waals surface area contributed by atoms with Gasteiger partial charge in [0.05, 0.1) is 6.26 Å². The molecule has 0 aliphatic heterocycles. The highest BCUT2D eigenvalue weighted by Gasteiger charge is 1.66. The number of allylic oxidation sites excluding steroid dienone is 3. The minimum absolute atomic E-state index is 1.02. The maximum Gasteiger partial charge on any atom is 0.0791 e. The predicted molar refractivity (Wildman–Crippen MR) is 31.2 cm³/mol. The molecule has 0 fully saturated rings. The maximum absolute atomic E-state index is 8.09. The Hall–Kier alpha value is -0.720. The molecule has 7 heavy (non-hydrogen) atoms. The molecule has 0 spiro atoms. The van der Waals surface area contributed by atoms with Gasteiger partial charge in [0, 0.05) is 0 Å². The van der Waals surface area contributed by atoms with Crippen molar-refractivity contribution >= 4 is 0 Å². The minimum atomic E-state index is 1.02. The average molecular weight is 98.1 g/mol. The Labute approximate surface area is 44.0 Å². The minimum Gasteiger partial charge on any atom is -0.516 e. The summed E-state index contributed by atoms with van der Waals surface area (Å²) < 4.78 is 0. The molecule has 0 aliphatic carbocycles. The number of hydrogen-bond donors (Lipinski definition) is 1. The van der Waals surface area contributed by atoms with Crippen molar-refractivity contribution in [2.45, 2.75) is 13.8 Å². The fourth-order valence-corrected chi connectivity index (χ4v) is 0.235. The predicted octanol–water partition coefficient (Wildman–Crippen LogP) is 2.02. The van der Waals surface area contributed by atoms with Gasteiger partial charge in [0.25, 0.3) is 0 Å². The average Bonchev–Trinajstić information content (AvgIpc) is 1.61. The zero-order valence-corrected chi connectivity index (χ0v) is 4.68. The molecular weight excluding hydrogens is 88.1 g/mol. The summed E-state index contributed by atoms with van der Waals surface area (Å²) in [6.07, 6.45) is 4.45. The van der Waals surface area contributed by atoms with E-state index in [1.165, 1.54) is 5.57 Å². The summed E-state index contributed by atoms with van der Waals surface area (Å²) >= 11 is 0. The van der Waals surface area contributed by atoms with Crippen LogP contribution < -0.4 is 0 Å². The van der Waals surface area contributed by atoms with Crippen molar-refractivity contribution in [3.05, 3.63) is 24.0 Å². The second-order valence-corrected chi connectivity index (χ2v) is 1.59. The van der Waals surface area contributed by atoms with Crippen LogP contribution in [0.4, 0.5) is 0 Å².